The zero-order valence-electron chi connectivity index (χ0n) is 14.1. The fraction of sp³-hybridized carbons (Fsp3) is 0.357. The highest BCUT2D eigenvalue weighted by atomic mass is 32.2. The molecule has 148 valence electrons. The van der Waals surface area contributed by atoms with E-state index in [9.17, 15) is 30.8 Å². The smallest absolute Gasteiger partial charge is 0.436 e. The Labute approximate surface area is 155 Å². The van der Waals surface area contributed by atoms with Crippen molar-refractivity contribution >= 4 is 33.3 Å². The summed E-state index contributed by atoms with van der Waals surface area (Å²) in [7, 11) is -4.97. The minimum Gasteiger partial charge on any atom is -0.443 e. The lowest BCUT2D eigenvalue weighted by Gasteiger charge is -2.25. The van der Waals surface area contributed by atoms with Gasteiger partial charge < -0.3 is 4.74 Å². The molecule has 0 aliphatic heterocycles. The number of hydrogen-bond donors (Lipinski definition) is 0. The average molecular weight is 427 g/mol. The summed E-state index contributed by atoms with van der Waals surface area (Å²) in [6, 6.07) is 0.820. The highest BCUT2D eigenvalue weighted by Gasteiger charge is 2.41. The van der Waals surface area contributed by atoms with Crippen molar-refractivity contribution in [2.75, 3.05) is 4.31 Å². The molecule has 0 N–H and O–H groups in total. The Morgan fingerprint density at radius 2 is 1.85 bits per heavy atom. The van der Waals surface area contributed by atoms with Crippen LogP contribution in [-0.2, 0) is 20.9 Å². The van der Waals surface area contributed by atoms with Crippen LogP contribution in [0.3, 0.4) is 0 Å². The van der Waals surface area contributed by atoms with E-state index in [4.69, 9.17) is 4.74 Å². The molecule has 1 amide bonds. The van der Waals surface area contributed by atoms with Crippen molar-refractivity contribution in [3.8, 4) is 0 Å². The van der Waals surface area contributed by atoms with Crippen LogP contribution in [0, 0.1) is 5.82 Å². The molecule has 0 spiro atoms. The molecule has 2 aromatic heterocycles. The van der Waals surface area contributed by atoms with Gasteiger partial charge in [0.15, 0.2) is 22.4 Å². The second-order valence-electron chi connectivity index (χ2n) is 6.07. The first-order valence-corrected chi connectivity index (χ1v) is 9.52. The van der Waals surface area contributed by atoms with Gasteiger partial charge in [0.1, 0.15) is 5.60 Å². The summed E-state index contributed by atoms with van der Waals surface area (Å²) in [5, 5.41) is -0.00885. The molecule has 13 heteroatoms. The van der Waals surface area contributed by atoms with E-state index >= 15 is 0 Å². The number of carbonyl (C=O) groups is 1. The number of aromatic nitrogens is 2. The van der Waals surface area contributed by atoms with Crippen molar-refractivity contribution in [3.63, 3.8) is 0 Å². The molecule has 0 radical (unpaired) electrons. The van der Waals surface area contributed by atoms with Crippen molar-refractivity contribution in [1.82, 2.24) is 9.97 Å². The molecule has 0 bridgehead atoms. The number of anilines is 1. The molecule has 0 aliphatic rings. The molecule has 0 fully saturated rings. The summed E-state index contributed by atoms with van der Waals surface area (Å²) >= 11 is 0.939. The number of carbonyl (C=O) groups excluding carboxylic acids is 1. The van der Waals surface area contributed by atoms with Gasteiger partial charge in [-0.3, -0.25) is 0 Å². The number of halogens is 4. The van der Waals surface area contributed by atoms with Gasteiger partial charge in [0.25, 0.3) is 10.0 Å². The summed E-state index contributed by atoms with van der Waals surface area (Å²) in [6.07, 6.45) is -6.62. The number of rotatable bonds is 3. The Hall–Kier alpha value is -2.28. The summed E-state index contributed by atoms with van der Waals surface area (Å²) in [5.74, 6) is -2.15. The van der Waals surface area contributed by atoms with E-state index in [1.165, 1.54) is 31.7 Å². The van der Waals surface area contributed by atoms with Crippen LogP contribution in [-0.4, -0.2) is 30.1 Å². The number of amides is 1. The lowest BCUT2D eigenvalue weighted by Crippen LogP contribution is -2.41. The molecule has 0 aromatic carbocycles. The fourth-order valence-electron chi connectivity index (χ4n) is 1.78. The predicted octanol–water partition coefficient (Wildman–Crippen LogP) is 3.83. The van der Waals surface area contributed by atoms with Gasteiger partial charge in [0, 0.05) is 5.38 Å². The lowest BCUT2D eigenvalue weighted by atomic mass is 10.2. The maximum Gasteiger partial charge on any atom is 0.436 e. The molecule has 0 saturated carbocycles. The number of pyridine rings is 1. The predicted molar refractivity (Wildman–Crippen MR) is 87.2 cm³/mol. The van der Waals surface area contributed by atoms with Crippen molar-refractivity contribution in [2.24, 2.45) is 0 Å². The second-order valence-corrected chi connectivity index (χ2v) is 8.53. The van der Waals surface area contributed by atoms with Crippen LogP contribution >= 0.6 is 11.3 Å². The maximum absolute atomic E-state index is 13.4. The van der Waals surface area contributed by atoms with Crippen molar-refractivity contribution in [2.45, 2.75) is 37.6 Å². The van der Waals surface area contributed by atoms with Crippen molar-refractivity contribution in [1.29, 1.82) is 0 Å². The standard InChI is InChI=1S/C14H13F4N3O4S2/c1-13(2,3)25-12(22)21(9-6-26-7-19-9)27(23,24)10-5-4-8(15)11(20-10)14(16,17)18/h4-7H,1-3H3. The third-order valence-corrected chi connectivity index (χ3v) is 4.93. The summed E-state index contributed by atoms with van der Waals surface area (Å²) < 4.78 is 82.6. The Morgan fingerprint density at radius 1 is 1.22 bits per heavy atom. The Morgan fingerprint density at radius 3 is 2.33 bits per heavy atom. The molecular formula is C14H13F4N3O4S2. The van der Waals surface area contributed by atoms with Crippen LogP contribution in [0.15, 0.2) is 28.0 Å². The molecule has 27 heavy (non-hydrogen) atoms. The maximum atomic E-state index is 13.4. The molecule has 0 atom stereocenters. The van der Waals surface area contributed by atoms with Crippen molar-refractivity contribution in [3.05, 3.63) is 34.5 Å². The number of alkyl halides is 3. The molecule has 0 saturated heterocycles. The van der Waals surface area contributed by atoms with Gasteiger partial charge >= 0.3 is 12.3 Å². The van der Waals surface area contributed by atoms with E-state index in [0.717, 1.165) is 11.3 Å². The second kappa shape index (κ2) is 7.03. The van der Waals surface area contributed by atoms with Crippen LogP contribution in [0.4, 0.5) is 28.2 Å². The number of sulfonamides is 1. The molecule has 2 heterocycles. The van der Waals surface area contributed by atoms with Crippen LogP contribution in [0.5, 0.6) is 0 Å². The van der Waals surface area contributed by atoms with Crippen LogP contribution < -0.4 is 4.31 Å². The third kappa shape index (κ3) is 4.71. The first-order chi connectivity index (χ1) is 12.2. The highest BCUT2D eigenvalue weighted by Crippen LogP contribution is 2.32. The molecule has 0 aliphatic carbocycles. The Kier molecular flexibility index (Phi) is 5.48. The van der Waals surface area contributed by atoms with Gasteiger partial charge in [-0.2, -0.15) is 21.6 Å². The summed E-state index contributed by atoms with van der Waals surface area (Å²) in [6.45, 7) is 4.40. The number of nitrogens with zero attached hydrogens (tertiary/aromatic N) is 3. The van der Waals surface area contributed by atoms with Crippen LogP contribution in [0.1, 0.15) is 26.5 Å². The van der Waals surface area contributed by atoms with Gasteiger partial charge in [-0.25, -0.2) is 19.2 Å². The summed E-state index contributed by atoms with van der Waals surface area (Å²) in [4.78, 5) is 18.9. The number of ether oxygens (including phenoxy) is 1. The van der Waals surface area contributed by atoms with E-state index in [0.29, 0.717) is 12.1 Å². The molecular weight excluding hydrogens is 414 g/mol. The zero-order valence-corrected chi connectivity index (χ0v) is 15.7. The largest absolute Gasteiger partial charge is 0.443 e. The Balaban J connectivity index is 2.60. The third-order valence-electron chi connectivity index (χ3n) is 2.78. The van der Waals surface area contributed by atoms with Gasteiger partial charge in [-0.1, -0.05) is 0 Å². The quantitative estimate of drug-likeness (QED) is 0.692. The van der Waals surface area contributed by atoms with E-state index in [-0.39, 0.29) is 4.31 Å². The van der Waals surface area contributed by atoms with Gasteiger partial charge in [0.05, 0.1) is 5.51 Å². The van der Waals surface area contributed by atoms with Crippen molar-refractivity contribution < 1.29 is 35.5 Å². The van der Waals surface area contributed by atoms with Crippen LogP contribution in [0.2, 0.25) is 0 Å². The minimum absolute atomic E-state index is 0.0785. The monoisotopic (exact) mass is 427 g/mol. The lowest BCUT2D eigenvalue weighted by molar-refractivity contribution is -0.144. The minimum atomic E-state index is -5.23. The average Bonchev–Trinajstić information content (AvgIpc) is 2.97. The molecule has 0 unspecified atom stereocenters. The van der Waals surface area contributed by atoms with Gasteiger partial charge in [0.2, 0.25) is 0 Å². The zero-order chi connectivity index (χ0) is 20.6. The number of thiazole rings is 1. The summed E-state index contributed by atoms with van der Waals surface area (Å²) in [5.41, 5.74) is -1.92. The van der Waals surface area contributed by atoms with E-state index in [1.807, 2.05) is 0 Å². The van der Waals surface area contributed by atoms with E-state index < -0.39 is 50.2 Å². The highest BCUT2D eigenvalue weighted by molar-refractivity contribution is 7.93. The Bertz CT molecular complexity index is 938. The van der Waals surface area contributed by atoms with Gasteiger partial charge in [-0.15, -0.1) is 15.6 Å². The molecule has 2 aromatic rings. The topological polar surface area (TPSA) is 89.5 Å². The number of hydrogen-bond acceptors (Lipinski definition) is 7. The van der Waals surface area contributed by atoms with Gasteiger partial charge in [-0.05, 0) is 32.9 Å². The molecule has 2 rings (SSSR count). The van der Waals surface area contributed by atoms with Crippen LogP contribution in [0.25, 0.3) is 0 Å². The SMILES string of the molecule is CC(C)(C)OC(=O)N(c1cscn1)S(=O)(=O)c1ccc(F)c(C(F)(F)F)n1. The van der Waals surface area contributed by atoms with E-state index in [1.54, 1.807) is 0 Å². The molecule has 7 nitrogen and oxygen atoms in total. The van der Waals surface area contributed by atoms with E-state index in [2.05, 4.69) is 9.97 Å². The normalized spacial score (nSPS) is 12.7. The first kappa shape index (κ1) is 21.0. The fourth-order valence-corrected chi connectivity index (χ4v) is 3.58. The first-order valence-electron chi connectivity index (χ1n) is 7.14.